The highest BCUT2D eigenvalue weighted by Gasteiger charge is 2.39. The van der Waals surface area contributed by atoms with Crippen molar-refractivity contribution >= 4 is 0 Å². The molecule has 3 heterocycles. The maximum Gasteiger partial charge on any atom is 0.224 e. The molecule has 2 aromatic heterocycles. The number of nitriles is 1. The van der Waals surface area contributed by atoms with Crippen molar-refractivity contribution in [1.82, 2.24) is 19.3 Å². The van der Waals surface area contributed by atoms with Gasteiger partial charge in [0.15, 0.2) is 0 Å². The molecule has 2 aromatic carbocycles. The second-order valence-corrected chi connectivity index (χ2v) is 8.59. The molecule has 0 saturated carbocycles. The first-order valence-corrected chi connectivity index (χ1v) is 10.9. The van der Waals surface area contributed by atoms with Gasteiger partial charge in [0, 0.05) is 31.0 Å². The number of fused-ring (bicyclic) bond motifs is 2. The molecule has 1 aliphatic carbocycles. The summed E-state index contributed by atoms with van der Waals surface area (Å²) in [6.07, 6.45) is 7.26. The van der Waals surface area contributed by atoms with Crippen LogP contribution < -0.4 is 10.5 Å². The van der Waals surface area contributed by atoms with Crippen LogP contribution in [0.15, 0.2) is 78.7 Å². The van der Waals surface area contributed by atoms with E-state index in [0.29, 0.717) is 11.5 Å². The molecule has 7 nitrogen and oxygen atoms in total. The van der Waals surface area contributed by atoms with Crippen LogP contribution in [0.3, 0.4) is 0 Å². The molecule has 7 heteroatoms. The molecular formula is C26H22N6O. The third kappa shape index (κ3) is 3.03. The monoisotopic (exact) mass is 434 g/mol. The summed E-state index contributed by atoms with van der Waals surface area (Å²) in [4.78, 5) is 4.12. The quantitative estimate of drug-likeness (QED) is 0.530. The topological polar surface area (TPSA) is 94.7 Å². The molecule has 1 unspecified atom stereocenters. The van der Waals surface area contributed by atoms with Crippen LogP contribution in [0, 0.1) is 11.3 Å². The van der Waals surface area contributed by atoms with E-state index in [2.05, 4.69) is 35.3 Å². The molecular weight excluding hydrogens is 412 g/mol. The molecule has 0 fully saturated rings. The van der Waals surface area contributed by atoms with E-state index < -0.39 is 0 Å². The van der Waals surface area contributed by atoms with E-state index in [-0.39, 0.29) is 17.7 Å². The standard InChI is InChI=1S/C26H22N6O/c1-31-26-23(24(30-31)19-12-17-4-2-3-5-18(17)13-19)22(21(14-27)25(28)33-26)16-6-8-20(9-7-16)32-11-10-29-15-32/h2-11,15,19,22H,12-13,28H2,1H3. The highest BCUT2D eigenvalue weighted by molar-refractivity contribution is 5.57. The number of imidazole rings is 1. The molecule has 1 aliphatic heterocycles. The lowest BCUT2D eigenvalue weighted by atomic mass is 9.81. The average molecular weight is 435 g/mol. The first-order valence-electron chi connectivity index (χ1n) is 10.9. The Bertz CT molecular complexity index is 1400. The van der Waals surface area contributed by atoms with Crippen LogP contribution in [0.25, 0.3) is 5.69 Å². The van der Waals surface area contributed by atoms with E-state index in [4.69, 9.17) is 15.6 Å². The SMILES string of the molecule is Cn1nc(C2Cc3ccccc3C2)c2c1OC(N)=C(C#N)C2c1ccc(-n2ccnc2)cc1. The number of aromatic nitrogens is 4. The lowest BCUT2D eigenvalue weighted by Gasteiger charge is -2.26. The van der Waals surface area contributed by atoms with Gasteiger partial charge in [0.05, 0.1) is 23.5 Å². The molecule has 4 aromatic rings. The molecule has 2 N–H and O–H groups in total. The summed E-state index contributed by atoms with van der Waals surface area (Å²) in [6.45, 7) is 0. The largest absolute Gasteiger partial charge is 0.422 e. The van der Waals surface area contributed by atoms with Gasteiger partial charge in [0.1, 0.15) is 11.6 Å². The third-order valence-corrected chi connectivity index (χ3v) is 6.69. The van der Waals surface area contributed by atoms with Crippen LogP contribution in [0.5, 0.6) is 5.88 Å². The predicted octanol–water partition coefficient (Wildman–Crippen LogP) is 3.71. The number of allylic oxidation sites excluding steroid dienone is 1. The van der Waals surface area contributed by atoms with Crippen molar-refractivity contribution in [3.8, 4) is 17.6 Å². The van der Waals surface area contributed by atoms with Gasteiger partial charge in [-0.2, -0.15) is 10.4 Å². The summed E-state index contributed by atoms with van der Waals surface area (Å²) in [5.41, 5.74) is 13.3. The van der Waals surface area contributed by atoms with Crippen LogP contribution in [-0.4, -0.2) is 19.3 Å². The predicted molar refractivity (Wildman–Crippen MR) is 123 cm³/mol. The molecule has 6 rings (SSSR count). The number of nitrogens with two attached hydrogens (primary N) is 1. The van der Waals surface area contributed by atoms with Gasteiger partial charge in [-0.3, -0.25) is 0 Å². The third-order valence-electron chi connectivity index (χ3n) is 6.69. The van der Waals surface area contributed by atoms with Crippen molar-refractivity contribution in [3.63, 3.8) is 0 Å². The Balaban J connectivity index is 1.47. The molecule has 0 bridgehead atoms. The Morgan fingerprint density at radius 1 is 1.09 bits per heavy atom. The zero-order valence-electron chi connectivity index (χ0n) is 18.1. The van der Waals surface area contributed by atoms with E-state index in [1.54, 1.807) is 17.2 Å². The van der Waals surface area contributed by atoms with Crippen molar-refractivity contribution in [2.24, 2.45) is 12.8 Å². The molecule has 162 valence electrons. The number of rotatable bonds is 3. The summed E-state index contributed by atoms with van der Waals surface area (Å²) < 4.78 is 9.64. The van der Waals surface area contributed by atoms with Crippen LogP contribution in [-0.2, 0) is 19.9 Å². The summed E-state index contributed by atoms with van der Waals surface area (Å²) in [5, 5.41) is 14.9. The summed E-state index contributed by atoms with van der Waals surface area (Å²) in [6, 6.07) is 19.0. The molecule has 0 amide bonds. The van der Waals surface area contributed by atoms with Gasteiger partial charge in [-0.05, 0) is 41.7 Å². The zero-order valence-corrected chi connectivity index (χ0v) is 18.1. The van der Waals surface area contributed by atoms with Crippen LogP contribution in [0.2, 0.25) is 0 Å². The van der Waals surface area contributed by atoms with Gasteiger partial charge >= 0.3 is 0 Å². The van der Waals surface area contributed by atoms with Crippen molar-refractivity contribution in [1.29, 1.82) is 5.26 Å². The summed E-state index contributed by atoms with van der Waals surface area (Å²) in [7, 11) is 1.87. The number of ether oxygens (including phenoxy) is 1. The minimum absolute atomic E-state index is 0.137. The molecule has 33 heavy (non-hydrogen) atoms. The zero-order chi connectivity index (χ0) is 22.5. The lowest BCUT2D eigenvalue weighted by molar-refractivity contribution is 0.358. The number of hydrogen-bond donors (Lipinski definition) is 1. The fourth-order valence-electron chi connectivity index (χ4n) is 5.14. The highest BCUT2D eigenvalue weighted by atomic mass is 16.5. The van der Waals surface area contributed by atoms with Crippen molar-refractivity contribution in [3.05, 3.63) is 107 Å². The van der Waals surface area contributed by atoms with E-state index in [1.807, 2.05) is 42.1 Å². The maximum absolute atomic E-state index is 10.0. The molecule has 0 spiro atoms. The fourth-order valence-corrected chi connectivity index (χ4v) is 5.14. The Morgan fingerprint density at radius 2 is 1.82 bits per heavy atom. The minimum atomic E-state index is -0.331. The van der Waals surface area contributed by atoms with Crippen molar-refractivity contribution in [2.75, 3.05) is 0 Å². The van der Waals surface area contributed by atoms with E-state index in [9.17, 15) is 5.26 Å². The Hall–Kier alpha value is -4.31. The first-order chi connectivity index (χ1) is 16.1. The van der Waals surface area contributed by atoms with Crippen LogP contribution in [0.1, 0.15) is 39.8 Å². The van der Waals surface area contributed by atoms with Gasteiger partial charge in [-0.15, -0.1) is 0 Å². The van der Waals surface area contributed by atoms with Crippen LogP contribution >= 0.6 is 0 Å². The number of aryl methyl sites for hydroxylation is 1. The average Bonchev–Trinajstić information content (AvgIpc) is 3.58. The van der Waals surface area contributed by atoms with Crippen LogP contribution in [0.4, 0.5) is 0 Å². The normalized spacial score (nSPS) is 17.4. The molecule has 2 aliphatic rings. The highest BCUT2D eigenvalue weighted by Crippen LogP contribution is 2.47. The van der Waals surface area contributed by atoms with Gasteiger partial charge in [-0.1, -0.05) is 36.4 Å². The van der Waals surface area contributed by atoms with Gasteiger partial charge in [0.2, 0.25) is 11.8 Å². The number of benzene rings is 2. The summed E-state index contributed by atoms with van der Waals surface area (Å²) in [5.74, 6) is 0.648. The second kappa shape index (κ2) is 7.38. The fraction of sp³-hybridized carbons (Fsp3) is 0.192. The minimum Gasteiger partial charge on any atom is -0.422 e. The number of hydrogen-bond acceptors (Lipinski definition) is 5. The second-order valence-electron chi connectivity index (χ2n) is 8.59. The van der Waals surface area contributed by atoms with E-state index >= 15 is 0 Å². The lowest BCUT2D eigenvalue weighted by Crippen LogP contribution is -2.22. The van der Waals surface area contributed by atoms with Gasteiger partial charge in [0.25, 0.3) is 0 Å². The Labute approximate surface area is 191 Å². The smallest absolute Gasteiger partial charge is 0.224 e. The van der Waals surface area contributed by atoms with Gasteiger partial charge in [-0.25, -0.2) is 9.67 Å². The van der Waals surface area contributed by atoms with E-state index in [0.717, 1.165) is 35.3 Å². The maximum atomic E-state index is 10.0. The number of nitrogens with zero attached hydrogens (tertiary/aromatic N) is 5. The first kappa shape index (κ1) is 19.4. The Morgan fingerprint density at radius 3 is 2.45 bits per heavy atom. The van der Waals surface area contributed by atoms with E-state index in [1.165, 1.54) is 11.1 Å². The van der Waals surface area contributed by atoms with Gasteiger partial charge < -0.3 is 15.0 Å². The Kier molecular flexibility index (Phi) is 4.34. The van der Waals surface area contributed by atoms with Crippen molar-refractivity contribution < 1.29 is 4.74 Å². The van der Waals surface area contributed by atoms with Crippen molar-refractivity contribution in [2.45, 2.75) is 24.7 Å². The molecule has 0 radical (unpaired) electrons. The molecule has 0 saturated heterocycles. The molecule has 1 atom stereocenters. The summed E-state index contributed by atoms with van der Waals surface area (Å²) >= 11 is 0.